The Morgan fingerprint density at radius 3 is 2.40 bits per heavy atom. The molecule has 0 aliphatic carbocycles. The van der Waals surface area contributed by atoms with Gasteiger partial charge in [0.15, 0.2) is 6.10 Å². The molecular weight excluding hydrogens is 202 g/mol. The number of methoxy groups -OCH3 is 1. The summed E-state index contributed by atoms with van der Waals surface area (Å²) in [6.45, 7) is 4.00. The van der Waals surface area contributed by atoms with Gasteiger partial charge in [-0.25, -0.2) is 9.59 Å². The van der Waals surface area contributed by atoms with E-state index in [0.29, 0.717) is 6.61 Å². The number of amides is 1. The Morgan fingerprint density at radius 2 is 2.00 bits per heavy atom. The maximum atomic E-state index is 11.0. The van der Waals surface area contributed by atoms with Crippen LogP contribution in [0.3, 0.4) is 0 Å². The van der Waals surface area contributed by atoms with Crippen molar-refractivity contribution in [2.24, 2.45) is 5.92 Å². The molecule has 0 heterocycles. The van der Waals surface area contributed by atoms with Crippen molar-refractivity contribution in [1.82, 2.24) is 5.32 Å². The van der Waals surface area contributed by atoms with Crippen LogP contribution in [0.2, 0.25) is 0 Å². The minimum atomic E-state index is -1.12. The number of aliphatic carboxylic acids is 1. The van der Waals surface area contributed by atoms with E-state index in [1.165, 1.54) is 7.11 Å². The Morgan fingerprint density at radius 1 is 1.40 bits per heavy atom. The molecular formula is C9H17NO5. The van der Waals surface area contributed by atoms with Gasteiger partial charge in [-0.05, 0) is 5.92 Å². The van der Waals surface area contributed by atoms with Gasteiger partial charge in [0.1, 0.15) is 0 Å². The van der Waals surface area contributed by atoms with E-state index in [0.717, 1.165) is 0 Å². The van der Waals surface area contributed by atoms with Crippen molar-refractivity contribution in [3.05, 3.63) is 0 Å². The number of nitrogens with one attached hydrogen (secondary N) is 1. The molecule has 6 nitrogen and oxygen atoms in total. The molecule has 0 aromatic rings. The molecule has 0 aromatic heterocycles. The number of ether oxygens (including phenoxy) is 2. The number of carboxylic acids is 1. The van der Waals surface area contributed by atoms with E-state index in [1.54, 1.807) is 0 Å². The number of hydrogen-bond acceptors (Lipinski definition) is 4. The molecule has 0 saturated carbocycles. The molecule has 1 unspecified atom stereocenters. The summed E-state index contributed by atoms with van der Waals surface area (Å²) in [6.07, 6.45) is -1.68. The Hall–Kier alpha value is -1.30. The summed E-state index contributed by atoms with van der Waals surface area (Å²) in [5.41, 5.74) is 0. The lowest BCUT2D eigenvalue weighted by atomic mass is 10.2. The van der Waals surface area contributed by atoms with Crippen molar-refractivity contribution in [2.75, 3.05) is 20.3 Å². The fourth-order valence-electron chi connectivity index (χ4n) is 0.741. The van der Waals surface area contributed by atoms with Gasteiger partial charge in [-0.3, -0.25) is 0 Å². The lowest BCUT2D eigenvalue weighted by Gasteiger charge is -2.12. The second-order valence-corrected chi connectivity index (χ2v) is 3.44. The first kappa shape index (κ1) is 13.7. The maximum absolute atomic E-state index is 11.0. The van der Waals surface area contributed by atoms with Crippen molar-refractivity contribution in [1.29, 1.82) is 0 Å². The topological polar surface area (TPSA) is 84.9 Å². The zero-order valence-corrected chi connectivity index (χ0v) is 9.15. The van der Waals surface area contributed by atoms with Crippen LogP contribution in [-0.2, 0) is 14.3 Å². The van der Waals surface area contributed by atoms with Crippen molar-refractivity contribution in [3.63, 3.8) is 0 Å². The summed E-state index contributed by atoms with van der Waals surface area (Å²) in [6, 6.07) is 0. The highest BCUT2D eigenvalue weighted by Gasteiger charge is 2.17. The molecule has 6 heteroatoms. The van der Waals surface area contributed by atoms with Gasteiger partial charge < -0.3 is 19.9 Å². The molecule has 0 bridgehead atoms. The van der Waals surface area contributed by atoms with Crippen LogP contribution in [-0.4, -0.2) is 43.5 Å². The van der Waals surface area contributed by atoms with Crippen LogP contribution < -0.4 is 5.32 Å². The zero-order chi connectivity index (χ0) is 11.8. The fraction of sp³-hybridized carbons (Fsp3) is 0.778. The van der Waals surface area contributed by atoms with Crippen LogP contribution in [0.5, 0.6) is 0 Å². The third-order valence-corrected chi connectivity index (χ3v) is 1.54. The number of carbonyl (C=O) groups excluding carboxylic acids is 1. The number of carboxylic acid groups (broad SMARTS) is 1. The minimum Gasteiger partial charge on any atom is -0.479 e. The van der Waals surface area contributed by atoms with E-state index in [9.17, 15) is 9.59 Å². The molecule has 88 valence electrons. The Balaban J connectivity index is 3.74. The van der Waals surface area contributed by atoms with Crippen molar-refractivity contribution >= 4 is 12.1 Å². The first-order valence-electron chi connectivity index (χ1n) is 4.63. The Bertz CT molecular complexity index is 217. The zero-order valence-electron chi connectivity index (χ0n) is 9.15. The average Bonchev–Trinajstić information content (AvgIpc) is 2.15. The second kappa shape index (κ2) is 7.05. The Kier molecular flexibility index (Phi) is 6.44. The molecule has 0 aromatic carbocycles. The highest BCUT2D eigenvalue weighted by atomic mass is 16.5. The lowest BCUT2D eigenvalue weighted by molar-refractivity contribution is -0.148. The largest absolute Gasteiger partial charge is 0.479 e. The van der Waals surface area contributed by atoms with Gasteiger partial charge in [-0.1, -0.05) is 13.8 Å². The van der Waals surface area contributed by atoms with Gasteiger partial charge >= 0.3 is 12.1 Å². The summed E-state index contributed by atoms with van der Waals surface area (Å²) in [7, 11) is 1.26. The minimum absolute atomic E-state index is 0.108. The molecule has 15 heavy (non-hydrogen) atoms. The monoisotopic (exact) mass is 219 g/mol. The van der Waals surface area contributed by atoms with Crippen LogP contribution in [0.1, 0.15) is 13.8 Å². The molecule has 1 amide bonds. The first-order chi connectivity index (χ1) is 6.97. The smallest absolute Gasteiger partial charge is 0.407 e. The maximum Gasteiger partial charge on any atom is 0.407 e. The van der Waals surface area contributed by atoms with Crippen LogP contribution in [0, 0.1) is 5.92 Å². The second-order valence-electron chi connectivity index (χ2n) is 3.44. The molecule has 0 aliphatic heterocycles. The van der Waals surface area contributed by atoms with E-state index >= 15 is 0 Å². The van der Waals surface area contributed by atoms with Crippen LogP contribution in [0.4, 0.5) is 4.79 Å². The van der Waals surface area contributed by atoms with E-state index in [1.807, 2.05) is 13.8 Å². The molecule has 0 aliphatic rings. The standard InChI is InChI=1S/C9H17NO5/c1-6(2)5-15-9(13)10-4-7(14-3)8(11)12/h6-7H,4-5H2,1-3H3,(H,10,13)(H,11,12). The Labute approximate surface area is 88.6 Å². The van der Waals surface area contributed by atoms with E-state index in [2.05, 4.69) is 10.1 Å². The number of rotatable bonds is 6. The fourth-order valence-corrected chi connectivity index (χ4v) is 0.741. The molecule has 0 saturated heterocycles. The quantitative estimate of drug-likeness (QED) is 0.678. The third-order valence-electron chi connectivity index (χ3n) is 1.54. The van der Waals surface area contributed by atoms with E-state index in [-0.39, 0.29) is 12.5 Å². The van der Waals surface area contributed by atoms with Gasteiger partial charge in [0, 0.05) is 7.11 Å². The molecule has 0 fully saturated rings. The predicted molar refractivity (Wildman–Crippen MR) is 52.6 cm³/mol. The van der Waals surface area contributed by atoms with Crippen molar-refractivity contribution in [2.45, 2.75) is 20.0 Å². The molecule has 0 radical (unpaired) electrons. The summed E-state index contributed by atoms with van der Waals surface area (Å²) >= 11 is 0. The summed E-state index contributed by atoms with van der Waals surface area (Å²) < 4.78 is 9.40. The molecule has 0 rings (SSSR count). The highest BCUT2D eigenvalue weighted by Crippen LogP contribution is 1.93. The van der Waals surface area contributed by atoms with Gasteiger partial charge in [0.2, 0.25) is 0 Å². The SMILES string of the molecule is COC(CNC(=O)OCC(C)C)C(=O)O. The molecule has 0 spiro atoms. The van der Waals surface area contributed by atoms with E-state index in [4.69, 9.17) is 9.84 Å². The third kappa shape index (κ3) is 6.73. The van der Waals surface area contributed by atoms with Gasteiger partial charge in [0.25, 0.3) is 0 Å². The van der Waals surface area contributed by atoms with Crippen molar-refractivity contribution in [3.8, 4) is 0 Å². The molecule has 2 N–H and O–H groups in total. The predicted octanol–water partition coefficient (Wildman–Crippen LogP) is 0.468. The van der Waals surface area contributed by atoms with Crippen LogP contribution in [0.25, 0.3) is 0 Å². The van der Waals surface area contributed by atoms with Gasteiger partial charge in [-0.15, -0.1) is 0 Å². The lowest BCUT2D eigenvalue weighted by Crippen LogP contribution is -2.38. The summed E-state index contributed by atoms with van der Waals surface area (Å²) in [5, 5.41) is 10.9. The van der Waals surface area contributed by atoms with Gasteiger partial charge in [0.05, 0.1) is 13.2 Å². The van der Waals surface area contributed by atoms with Crippen molar-refractivity contribution < 1.29 is 24.2 Å². The highest BCUT2D eigenvalue weighted by molar-refractivity contribution is 5.74. The average molecular weight is 219 g/mol. The van der Waals surface area contributed by atoms with E-state index < -0.39 is 18.2 Å². The van der Waals surface area contributed by atoms with Crippen LogP contribution in [0.15, 0.2) is 0 Å². The number of carbonyl (C=O) groups is 2. The number of hydrogen-bond donors (Lipinski definition) is 2. The number of alkyl carbamates (subject to hydrolysis) is 1. The normalized spacial score (nSPS) is 12.3. The molecule has 1 atom stereocenters. The summed E-state index contributed by atoms with van der Waals surface area (Å²) in [4.78, 5) is 21.5. The summed E-state index contributed by atoms with van der Waals surface area (Å²) in [5.74, 6) is -0.880. The first-order valence-corrected chi connectivity index (χ1v) is 4.63. The van der Waals surface area contributed by atoms with Gasteiger partial charge in [-0.2, -0.15) is 0 Å². The van der Waals surface area contributed by atoms with Crippen LogP contribution >= 0.6 is 0 Å².